The van der Waals surface area contributed by atoms with E-state index in [1.165, 1.54) is 24.1 Å². The van der Waals surface area contributed by atoms with Gasteiger partial charge in [0.2, 0.25) is 11.8 Å². The first kappa shape index (κ1) is 20.4. The largest absolute Gasteiger partial charge is 0.370 e. The number of halogens is 1. The van der Waals surface area contributed by atoms with Gasteiger partial charge in [-0.3, -0.25) is 9.59 Å². The summed E-state index contributed by atoms with van der Waals surface area (Å²) in [6.07, 6.45) is 4.36. The minimum absolute atomic E-state index is 0.00146. The molecule has 1 unspecified atom stereocenters. The number of piperidine rings is 1. The van der Waals surface area contributed by atoms with Crippen LogP contribution in [0, 0.1) is 11.7 Å². The van der Waals surface area contributed by atoms with E-state index in [0.717, 1.165) is 38.0 Å². The summed E-state index contributed by atoms with van der Waals surface area (Å²) < 4.78 is 13.9. The maximum atomic E-state index is 13.9. The van der Waals surface area contributed by atoms with Crippen molar-refractivity contribution in [2.75, 3.05) is 36.4 Å². The van der Waals surface area contributed by atoms with Crippen LogP contribution < -0.4 is 10.2 Å². The lowest BCUT2D eigenvalue weighted by molar-refractivity contribution is -0.128. The molecule has 2 aliphatic heterocycles. The van der Waals surface area contributed by atoms with Crippen molar-refractivity contribution < 1.29 is 14.0 Å². The standard InChI is InChI=1S/C24H28FN3O2/c25-20-9-10-22(27-12-5-2-6-13-27)21(16-20)26-24(30)19-15-23(29)28(17-19)14-11-18-7-3-1-4-8-18/h1,3-4,7-10,16,19H,2,5-6,11-15,17H2,(H,26,30). The Morgan fingerprint density at radius 2 is 1.83 bits per heavy atom. The van der Waals surface area contributed by atoms with Gasteiger partial charge in [0.25, 0.3) is 0 Å². The van der Waals surface area contributed by atoms with Gasteiger partial charge in [-0.05, 0) is 49.4 Å². The second-order valence-corrected chi connectivity index (χ2v) is 8.17. The van der Waals surface area contributed by atoms with Crippen LogP contribution >= 0.6 is 0 Å². The molecule has 0 bridgehead atoms. The van der Waals surface area contributed by atoms with Gasteiger partial charge in [-0.25, -0.2) is 4.39 Å². The Balaban J connectivity index is 1.39. The fourth-order valence-electron chi connectivity index (χ4n) is 4.33. The Kier molecular flexibility index (Phi) is 6.31. The number of hydrogen-bond donors (Lipinski definition) is 1. The molecule has 5 nitrogen and oxygen atoms in total. The summed E-state index contributed by atoms with van der Waals surface area (Å²) in [7, 11) is 0. The predicted octanol–water partition coefficient (Wildman–Crippen LogP) is 3.85. The van der Waals surface area contributed by atoms with E-state index in [0.29, 0.717) is 18.8 Å². The van der Waals surface area contributed by atoms with E-state index in [1.807, 2.05) is 30.3 Å². The summed E-state index contributed by atoms with van der Waals surface area (Å²) in [5.41, 5.74) is 2.52. The average molecular weight is 410 g/mol. The van der Waals surface area contributed by atoms with E-state index >= 15 is 0 Å². The predicted molar refractivity (Wildman–Crippen MR) is 116 cm³/mol. The lowest BCUT2D eigenvalue weighted by atomic mass is 10.1. The quantitative estimate of drug-likeness (QED) is 0.789. The molecule has 6 heteroatoms. The maximum absolute atomic E-state index is 13.9. The average Bonchev–Trinajstić information content (AvgIpc) is 3.14. The van der Waals surface area contributed by atoms with Gasteiger partial charge < -0.3 is 15.1 Å². The van der Waals surface area contributed by atoms with E-state index in [1.54, 1.807) is 11.0 Å². The van der Waals surface area contributed by atoms with Crippen molar-refractivity contribution in [1.29, 1.82) is 0 Å². The number of hydrogen-bond acceptors (Lipinski definition) is 3. The van der Waals surface area contributed by atoms with Gasteiger partial charge in [-0.15, -0.1) is 0 Å². The summed E-state index contributed by atoms with van der Waals surface area (Å²) in [5.74, 6) is -1.00. The molecule has 1 N–H and O–H groups in total. The van der Waals surface area contributed by atoms with Crippen molar-refractivity contribution >= 4 is 23.2 Å². The third-order valence-corrected chi connectivity index (χ3v) is 6.01. The molecule has 2 aliphatic rings. The van der Waals surface area contributed by atoms with Crippen LogP contribution in [0.15, 0.2) is 48.5 Å². The molecule has 2 aromatic carbocycles. The van der Waals surface area contributed by atoms with Crippen LogP contribution in [0.25, 0.3) is 0 Å². The van der Waals surface area contributed by atoms with Crippen LogP contribution in [-0.2, 0) is 16.0 Å². The highest BCUT2D eigenvalue weighted by Gasteiger charge is 2.34. The highest BCUT2D eigenvalue weighted by atomic mass is 19.1. The van der Waals surface area contributed by atoms with E-state index in [4.69, 9.17) is 0 Å². The summed E-state index contributed by atoms with van der Waals surface area (Å²) in [6.45, 7) is 2.82. The highest BCUT2D eigenvalue weighted by Crippen LogP contribution is 2.30. The molecule has 30 heavy (non-hydrogen) atoms. The van der Waals surface area contributed by atoms with E-state index < -0.39 is 5.92 Å². The van der Waals surface area contributed by atoms with Gasteiger partial charge in [0, 0.05) is 32.6 Å². The number of carbonyl (C=O) groups is 2. The monoisotopic (exact) mass is 409 g/mol. The smallest absolute Gasteiger partial charge is 0.229 e. The lowest BCUT2D eigenvalue weighted by Crippen LogP contribution is -2.32. The van der Waals surface area contributed by atoms with Crippen LogP contribution in [0.3, 0.4) is 0 Å². The topological polar surface area (TPSA) is 52.7 Å². The zero-order valence-corrected chi connectivity index (χ0v) is 17.1. The molecule has 0 spiro atoms. The van der Waals surface area contributed by atoms with Crippen LogP contribution in [0.2, 0.25) is 0 Å². The highest BCUT2D eigenvalue weighted by molar-refractivity contribution is 5.99. The van der Waals surface area contributed by atoms with Gasteiger partial charge in [0.05, 0.1) is 17.3 Å². The zero-order chi connectivity index (χ0) is 20.9. The minimum atomic E-state index is -0.411. The fourth-order valence-corrected chi connectivity index (χ4v) is 4.33. The second-order valence-electron chi connectivity index (χ2n) is 8.17. The van der Waals surface area contributed by atoms with Crippen molar-refractivity contribution in [3.8, 4) is 0 Å². The number of nitrogens with zero attached hydrogens (tertiary/aromatic N) is 2. The molecule has 2 aromatic rings. The van der Waals surface area contributed by atoms with Gasteiger partial charge in [-0.1, -0.05) is 30.3 Å². The van der Waals surface area contributed by atoms with E-state index in [2.05, 4.69) is 10.2 Å². The number of rotatable bonds is 6. The molecule has 0 radical (unpaired) electrons. The van der Waals surface area contributed by atoms with E-state index in [9.17, 15) is 14.0 Å². The van der Waals surface area contributed by atoms with Crippen LogP contribution in [0.1, 0.15) is 31.2 Å². The molecule has 1 atom stereocenters. The van der Waals surface area contributed by atoms with Crippen LogP contribution in [0.4, 0.5) is 15.8 Å². The molecular weight excluding hydrogens is 381 g/mol. The Labute approximate surface area is 176 Å². The fraction of sp³-hybridized carbons (Fsp3) is 0.417. The molecule has 0 saturated carbocycles. The Morgan fingerprint density at radius 1 is 1.07 bits per heavy atom. The zero-order valence-electron chi connectivity index (χ0n) is 17.1. The summed E-state index contributed by atoms with van der Waals surface area (Å²) in [5, 5.41) is 2.91. The van der Waals surface area contributed by atoms with E-state index in [-0.39, 0.29) is 24.1 Å². The molecule has 2 saturated heterocycles. The molecule has 4 rings (SSSR count). The Bertz CT molecular complexity index is 897. The van der Waals surface area contributed by atoms with Crippen molar-refractivity contribution in [3.63, 3.8) is 0 Å². The third kappa shape index (κ3) is 4.81. The molecule has 158 valence electrons. The van der Waals surface area contributed by atoms with Crippen LogP contribution in [0.5, 0.6) is 0 Å². The number of amides is 2. The van der Waals surface area contributed by atoms with Crippen molar-refractivity contribution in [3.05, 3.63) is 59.9 Å². The van der Waals surface area contributed by atoms with Crippen LogP contribution in [-0.4, -0.2) is 42.9 Å². The lowest BCUT2D eigenvalue weighted by Gasteiger charge is -2.30. The SMILES string of the molecule is O=C(Nc1cc(F)ccc1N1CCCCC1)C1CC(=O)N(CCc2ccccc2)C1. The van der Waals surface area contributed by atoms with Gasteiger partial charge in [0.15, 0.2) is 0 Å². The summed E-state index contributed by atoms with van der Waals surface area (Å²) in [4.78, 5) is 29.3. The normalized spacial score (nSPS) is 19.2. The summed E-state index contributed by atoms with van der Waals surface area (Å²) >= 11 is 0. The molecule has 2 fully saturated rings. The van der Waals surface area contributed by atoms with Crippen molar-refractivity contribution in [2.45, 2.75) is 32.1 Å². The van der Waals surface area contributed by atoms with Crippen molar-refractivity contribution in [2.24, 2.45) is 5.92 Å². The molecule has 0 aliphatic carbocycles. The first-order valence-electron chi connectivity index (χ1n) is 10.8. The number of benzene rings is 2. The number of carbonyl (C=O) groups excluding carboxylic acids is 2. The van der Waals surface area contributed by atoms with Gasteiger partial charge >= 0.3 is 0 Å². The number of likely N-dealkylation sites (tertiary alicyclic amines) is 1. The Hall–Kier alpha value is -2.89. The molecule has 0 aromatic heterocycles. The number of nitrogens with one attached hydrogen (secondary N) is 1. The molecular formula is C24H28FN3O2. The minimum Gasteiger partial charge on any atom is -0.370 e. The van der Waals surface area contributed by atoms with Crippen molar-refractivity contribution in [1.82, 2.24) is 4.90 Å². The third-order valence-electron chi connectivity index (χ3n) is 6.01. The Morgan fingerprint density at radius 3 is 2.60 bits per heavy atom. The molecule has 2 heterocycles. The van der Waals surface area contributed by atoms with Gasteiger partial charge in [0.1, 0.15) is 5.82 Å². The maximum Gasteiger partial charge on any atom is 0.229 e. The second kappa shape index (κ2) is 9.28. The first-order valence-corrected chi connectivity index (χ1v) is 10.8. The summed E-state index contributed by atoms with van der Waals surface area (Å²) in [6, 6.07) is 14.6. The first-order chi connectivity index (χ1) is 14.6. The number of anilines is 2. The molecule has 2 amide bonds. The van der Waals surface area contributed by atoms with Gasteiger partial charge in [-0.2, -0.15) is 0 Å².